The highest BCUT2D eigenvalue weighted by atomic mass is 32.2. The van der Waals surface area contributed by atoms with Crippen molar-refractivity contribution in [3.8, 4) is 0 Å². The molecule has 0 bridgehead atoms. The number of carbonyl (C=O) groups excluding carboxylic acids is 3. The van der Waals surface area contributed by atoms with Crippen molar-refractivity contribution in [2.24, 2.45) is 11.3 Å². The van der Waals surface area contributed by atoms with Crippen LogP contribution in [-0.4, -0.2) is 71.2 Å². The number of benzene rings is 1. The highest BCUT2D eigenvalue weighted by Gasteiger charge is 2.51. The Bertz CT molecular complexity index is 1020. The van der Waals surface area contributed by atoms with Gasteiger partial charge in [-0.25, -0.2) is 4.79 Å². The quantitative estimate of drug-likeness (QED) is 0.346. The van der Waals surface area contributed by atoms with E-state index in [0.29, 0.717) is 12.2 Å². The first-order valence-corrected chi connectivity index (χ1v) is 14.3. The lowest BCUT2D eigenvalue weighted by Crippen LogP contribution is -2.60. The highest BCUT2D eigenvalue weighted by molar-refractivity contribution is 8.01. The standard InChI is InChI=1S/C30H47N3O4S/c1-12-37-28(36)20(4)18-22(19(2)3)32(10)26(35)23(29(5,6)7)31-25(34)24-30(8,9)38-27(33(24)11)21-16-14-13-15-17-21/h13-19,22-24,27H,12H2,1-11H3,(H,31,34)/t22-,23-,24+,27-/m1/s1. The van der Waals surface area contributed by atoms with E-state index in [1.54, 1.807) is 43.6 Å². The maximum absolute atomic E-state index is 13.9. The number of hydrogen-bond acceptors (Lipinski definition) is 6. The van der Waals surface area contributed by atoms with Crippen molar-refractivity contribution in [2.75, 3.05) is 20.7 Å². The molecule has 2 amide bonds. The van der Waals surface area contributed by atoms with Crippen LogP contribution in [0.1, 0.15) is 73.3 Å². The van der Waals surface area contributed by atoms with Crippen LogP contribution in [0.4, 0.5) is 0 Å². The fourth-order valence-corrected chi connectivity index (χ4v) is 6.58. The number of thioether (sulfide) groups is 1. The van der Waals surface area contributed by atoms with Crippen LogP contribution in [0, 0.1) is 11.3 Å². The summed E-state index contributed by atoms with van der Waals surface area (Å²) >= 11 is 1.76. The molecule has 1 saturated heterocycles. The fraction of sp³-hybridized carbons (Fsp3) is 0.633. The monoisotopic (exact) mass is 545 g/mol. The van der Waals surface area contributed by atoms with Crippen molar-refractivity contribution in [3.63, 3.8) is 0 Å². The topological polar surface area (TPSA) is 79.0 Å². The number of carbonyl (C=O) groups is 3. The van der Waals surface area contributed by atoms with Crippen LogP contribution in [0.15, 0.2) is 42.0 Å². The van der Waals surface area contributed by atoms with E-state index in [9.17, 15) is 14.4 Å². The van der Waals surface area contributed by atoms with Gasteiger partial charge < -0.3 is 15.0 Å². The molecule has 0 radical (unpaired) electrons. The number of esters is 1. The number of amides is 2. The smallest absolute Gasteiger partial charge is 0.333 e. The highest BCUT2D eigenvalue weighted by Crippen LogP contribution is 2.51. The summed E-state index contributed by atoms with van der Waals surface area (Å²) in [6.07, 6.45) is 1.79. The molecule has 1 N–H and O–H groups in total. The molecule has 0 unspecified atom stereocenters. The van der Waals surface area contributed by atoms with Crippen LogP contribution < -0.4 is 5.32 Å². The van der Waals surface area contributed by atoms with Gasteiger partial charge in [0, 0.05) is 17.4 Å². The lowest BCUT2D eigenvalue weighted by Gasteiger charge is -2.39. The lowest BCUT2D eigenvalue weighted by atomic mass is 9.84. The second-order valence-electron chi connectivity index (χ2n) is 12.1. The lowest BCUT2D eigenvalue weighted by molar-refractivity contribution is -0.141. The number of rotatable bonds is 9. The van der Waals surface area contributed by atoms with Gasteiger partial charge in [-0.1, -0.05) is 71.0 Å². The normalized spacial score (nSPS) is 21.6. The third-order valence-corrected chi connectivity index (χ3v) is 8.74. The summed E-state index contributed by atoms with van der Waals surface area (Å²) in [6.45, 7) is 17.8. The van der Waals surface area contributed by atoms with Crippen molar-refractivity contribution in [1.29, 1.82) is 0 Å². The Labute approximate surface area is 233 Å². The van der Waals surface area contributed by atoms with Crippen molar-refractivity contribution < 1.29 is 19.1 Å². The molecule has 38 heavy (non-hydrogen) atoms. The SMILES string of the molecule is CCOC(=O)C(C)=C[C@H](C(C)C)N(C)C(=O)[C@@H](NC(=O)[C@@H]1N(C)[C@@H](c2ccccc2)SC1(C)C)C(C)(C)C. The Balaban J connectivity index is 2.33. The molecule has 212 valence electrons. The number of hydrogen-bond donors (Lipinski definition) is 1. The number of nitrogens with one attached hydrogen (secondary N) is 1. The Kier molecular flexibility index (Phi) is 10.7. The fourth-order valence-electron chi connectivity index (χ4n) is 5.02. The maximum atomic E-state index is 13.9. The zero-order chi connectivity index (χ0) is 29.0. The molecule has 1 aliphatic rings. The molecule has 0 saturated carbocycles. The third kappa shape index (κ3) is 7.41. The van der Waals surface area contributed by atoms with E-state index >= 15 is 0 Å². The summed E-state index contributed by atoms with van der Waals surface area (Å²) in [6, 6.07) is 8.67. The first-order valence-electron chi connectivity index (χ1n) is 13.4. The van der Waals surface area contributed by atoms with Crippen LogP contribution in [0.2, 0.25) is 0 Å². The molecule has 2 rings (SSSR count). The minimum atomic E-state index is -0.748. The first-order chi connectivity index (χ1) is 17.5. The van der Waals surface area contributed by atoms with Gasteiger partial charge in [-0.15, -0.1) is 11.8 Å². The zero-order valence-corrected chi connectivity index (χ0v) is 25.8. The van der Waals surface area contributed by atoms with Crippen LogP contribution in [0.25, 0.3) is 0 Å². The molecule has 1 aromatic carbocycles. The van der Waals surface area contributed by atoms with Gasteiger partial charge in [0.2, 0.25) is 11.8 Å². The van der Waals surface area contributed by atoms with Crippen LogP contribution in [-0.2, 0) is 19.1 Å². The average Bonchev–Trinajstić information content (AvgIpc) is 3.07. The summed E-state index contributed by atoms with van der Waals surface area (Å²) in [5, 5.41) is 3.17. The first kappa shape index (κ1) is 31.9. The van der Waals surface area contributed by atoms with Crippen molar-refractivity contribution in [1.82, 2.24) is 15.1 Å². The second kappa shape index (κ2) is 12.7. The molecular weight excluding hydrogens is 498 g/mol. The summed E-state index contributed by atoms with van der Waals surface area (Å²) in [5.74, 6) is -0.697. The summed E-state index contributed by atoms with van der Waals surface area (Å²) in [7, 11) is 3.71. The molecule has 0 aliphatic carbocycles. The van der Waals surface area contributed by atoms with E-state index in [-0.39, 0.29) is 33.9 Å². The predicted octanol–water partition coefficient (Wildman–Crippen LogP) is 5.03. The largest absolute Gasteiger partial charge is 0.463 e. The van der Waals surface area contributed by atoms with Gasteiger partial charge in [0.15, 0.2) is 0 Å². The van der Waals surface area contributed by atoms with Crippen molar-refractivity contribution in [3.05, 3.63) is 47.5 Å². The molecule has 0 spiro atoms. The third-order valence-electron chi connectivity index (χ3n) is 7.08. The molecule has 7 nitrogen and oxygen atoms in total. The van der Waals surface area contributed by atoms with Gasteiger partial charge in [0.25, 0.3) is 0 Å². The van der Waals surface area contributed by atoms with E-state index in [1.807, 2.05) is 59.9 Å². The minimum absolute atomic E-state index is 0.0368. The Hall–Kier alpha value is -2.32. The molecule has 1 aliphatic heterocycles. The van der Waals surface area contributed by atoms with Crippen molar-refractivity contribution >= 4 is 29.5 Å². The summed E-state index contributed by atoms with van der Waals surface area (Å²) in [5.41, 5.74) is 1.07. The van der Waals surface area contributed by atoms with Gasteiger partial charge in [0.05, 0.1) is 18.0 Å². The second-order valence-corrected chi connectivity index (χ2v) is 13.8. The van der Waals surface area contributed by atoms with E-state index in [1.165, 1.54) is 0 Å². The maximum Gasteiger partial charge on any atom is 0.333 e. The van der Waals surface area contributed by atoms with Gasteiger partial charge >= 0.3 is 5.97 Å². The van der Waals surface area contributed by atoms with E-state index in [4.69, 9.17) is 4.74 Å². The van der Waals surface area contributed by atoms with E-state index < -0.39 is 23.5 Å². The van der Waals surface area contributed by atoms with Crippen LogP contribution in [0.3, 0.4) is 0 Å². The van der Waals surface area contributed by atoms with E-state index in [2.05, 4.69) is 36.2 Å². The van der Waals surface area contributed by atoms with Crippen molar-refractivity contribution in [2.45, 2.75) is 90.6 Å². The number of nitrogens with zero attached hydrogens (tertiary/aromatic N) is 2. The Morgan fingerprint density at radius 3 is 2.26 bits per heavy atom. The number of ether oxygens (including phenoxy) is 1. The molecular formula is C30H47N3O4S. The van der Waals surface area contributed by atoms with Gasteiger partial charge in [-0.3, -0.25) is 14.5 Å². The Morgan fingerprint density at radius 1 is 1.18 bits per heavy atom. The van der Waals surface area contributed by atoms with Crippen LogP contribution >= 0.6 is 11.8 Å². The minimum Gasteiger partial charge on any atom is -0.463 e. The average molecular weight is 546 g/mol. The van der Waals surface area contributed by atoms with Gasteiger partial charge in [-0.2, -0.15) is 0 Å². The summed E-state index contributed by atoms with van der Waals surface area (Å²) < 4.78 is 4.77. The molecule has 1 aromatic rings. The number of likely N-dealkylation sites (N-methyl/N-ethyl adjacent to an activating group) is 2. The van der Waals surface area contributed by atoms with Gasteiger partial charge in [-0.05, 0) is 51.6 Å². The molecule has 8 heteroatoms. The van der Waals surface area contributed by atoms with E-state index in [0.717, 1.165) is 5.56 Å². The van der Waals surface area contributed by atoms with Crippen LogP contribution in [0.5, 0.6) is 0 Å². The molecule has 4 atom stereocenters. The summed E-state index contributed by atoms with van der Waals surface area (Å²) in [4.78, 5) is 43.8. The molecule has 1 fully saturated rings. The Morgan fingerprint density at radius 2 is 1.76 bits per heavy atom. The molecule has 0 aromatic heterocycles. The van der Waals surface area contributed by atoms with Gasteiger partial charge in [0.1, 0.15) is 12.1 Å². The zero-order valence-electron chi connectivity index (χ0n) is 25.0. The molecule has 1 heterocycles. The predicted molar refractivity (Wildman–Crippen MR) is 156 cm³/mol.